The molecule has 0 radical (unpaired) electrons. The van der Waals surface area contributed by atoms with Crippen LogP contribution in [0.2, 0.25) is 0 Å². The molecule has 20 heavy (non-hydrogen) atoms. The number of rotatable bonds is 2. The molecule has 0 amide bonds. The molecule has 104 valence electrons. The molecule has 1 atom stereocenters. The quantitative estimate of drug-likeness (QED) is 0.787. The van der Waals surface area contributed by atoms with Gasteiger partial charge in [0.2, 0.25) is 0 Å². The summed E-state index contributed by atoms with van der Waals surface area (Å²) in [6, 6.07) is 8.29. The summed E-state index contributed by atoms with van der Waals surface area (Å²) in [4.78, 5) is 15.7. The number of methoxy groups -OCH3 is 1. The first kappa shape index (κ1) is 12.9. The Morgan fingerprint density at radius 2 is 2.15 bits per heavy atom. The van der Waals surface area contributed by atoms with Crippen LogP contribution in [0.3, 0.4) is 0 Å². The van der Waals surface area contributed by atoms with Gasteiger partial charge in [0.25, 0.3) is 0 Å². The monoisotopic (exact) mass is 272 g/mol. The SMILES string of the molecule is COC(=O)c1ncn2c1CO[C@H](c1ccc(C)cc1)C2. The zero-order valence-corrected chi connectivity index (χ0v) is 11.5. The van der Waals surface area contributed by atoms with E-state index < -0.39 is 5.97 Å². The Hall–Kier alpha value is -2.14. The number of imidazole rings is 1. The Morgan fingerprint density at radius 3 is 2.85 bits per heavy atom. The Kier molecular flexibility index (Phi) is 3.28. The van der Waals surface area contributed by atoms with Gasteiger partial charge in [0, 0.05) is 0 Å². The van der Waals surface area contributed by atoms with Gasteiger partial charge in [-0.2, -0.15) is 0 Å². The van der Waals surface area contributed by atoms with Crippen molar-refractivity contribution in [1.29, 1.82) is 0 Å². The second kappa shape index (κ2) is 5.09. The van der Waals surface area contributed by atoms with Crippen molar-refractivity contribution in [2.75, 3.05) is 7.11 Å². The normalized spacial score (nSPS) is 17.6. The molecule has 0 unspecified atom stereocenters. The fourth-order valence-corrected chi connectivity index (χ4v) is 2.38. The van der Waals surface area contributed by atoms with Crippen molar-refractivity contribution >= 4 is 5.97 Å². The van der Waals surface area contributed by atoms with Crippen LogP contribution in [0.15, 0.2) is 30.6 Å². The van der Waals surface area contributed by atoms with Gasteiger partial charge in [-0.05, 0) is 12.5 Å². The number of aromatic nitrogens is 2. The molecule has 0 fully saturated rings. The van der Waals surface area contributed by atoms with E-state index >= 15 is 0 Å². The molecule has 0 bridgehead atoms. The molecule has 1 aromatic heterocycles. The first-order valence-corrected chi connectivity index (χ1v) is 6.49. The Balaban J connectivity index is 1.84. The molecule has 0 saturated carbocycles. The van der Waals surface area contributed by atoms with Gasteiger partial charge in [0.1, 0.15) is 6.10 Å². The molecular weight excluding hydrogens is 256 g/mol. The van der Waals surface area contributed by atoms with Gasteiger partial charge >= 0.3 is 5.97 Å². The standard InChI is InChI=1S/C15H16N2O3/c1-10-3-5-11(6-4-10)13-7-17-9-16-14(15(18)19-2)12(17)8-20-13/h3-6,9,13H,7-8H2,1-2H3/t13-/m0/s1. The molecule has 1 aliphatic rings. The first-order valence-electron chi connectivity index (χ1n) is 6.49. The van der Waals surface area contributed by atoms with E-state index in [1.165, 1.54) is 12.7 Å². The maximum absolute atomic E-state index is 11.6. The smallest absolute Gasteiger partial charge is 0.358 e. The summed E-state index contributed by atoms with van der Waals surface area (Å²) in [5.41, 5.74) is 3.48. The van der Waals surface area contributed by atoms with E-state index in [-0.39, 0.29) is 6.10 Å². The average molecular weight is 272 g/mol. The summed E-state index contributed by atoms with van der Waals surface area (Å²) in [6.07, 6.45) is 1.66. The third kappa shape index (κ3) is 2.20. The van der Waals surface area contributed by atoms with Crippen LogP contribution < -0.4 is 0 Å². The molecule has 0 N–H and O–H groups in total. The molecule has 0 spiro atoms. The highest BCUT2D eigenvalue weighted by Crippen LogP contribution is 2.28. The van der Waals surface area contributed by atoms with Crippen LogP contribution >= 0.6 is 0 Å². The predicted molar refractivity (Wildman–Crippen MR) is 72.3 cm³/mol. The lowest BCUT2D eigenvalue weighted by atomic mass is 10.1. The molecule has 3 rings (SSSR count). The minimum Gasteiger partial charge on any atom is -0.464 e. The number of hydrogen-bond donors (Lipinski definition) is 0. The minimum atomic E-state index is -0.420. The lowest BCUT2D eigenvalue weighted by Gasteiger charge is -2.25. The average Bonchev–Trinajstić information content (AvgIpc) is 2.90. The van der Waals surface area contributed by atoms with Crippen LogP contribution in [0, 0.1) is 6.92 Å². The molecule has 5 heteroatoms. The minimum absolute atomic E-state index is 0.0113. The van der Waals surface area contributed by atoms with Crippen molar-refractivity contribution in [3.63, 3.8) is 0 Å². The molecule has 1 aromatic carbocycles. The molecule has 2 heterocycles. The van der Waals surface area contributed by atoms with Crippen molar-refractivity contribution < 1.29 is 14.3 Å². The summed E-state index contributed by atoms with van der Waals surface area (Å²) < 4.78 is 12.5. The van der Waals surface area contributed by atoms with Crippen LogP contribution in [0.4, 0.5) is 0 Å². The number of aryl methyl sites for hydroxylation is 1. The van der Waals surface area contributed by atoms with E-state index in [2.05, 4.69) is 36.2 Å². The fraction of sp³-hybridized carbons (Fsp3) is 0.333. The Labute approximate surface area is 117 Å². The van der Waals surface area contributed by atoms with E-state index in [9.17, 15) is 4.79 Å². The van der Waals surface area contributed by atoms with Crippen molar-refractivity contribution in [2.45, 2.75) is 26.2 Å². The second-order valence-corrected chi connectivity index (χ2v) is 4.89. The predicted octanol–water partition coefficient (Wildman–Crippen LogP) is 2.25. The largest absolute Gasteiger partial charge is 0.464 e. The number of hydrogen-bond acceptors (Lipinski definition) is 4. The summed E-state index contributed by atoms with van der Waals surface area (Å²) in [5, 5.41) is 0. The maximum atomic E-state index is 11.6. The third-order valence-corrected chi connectivity index (χ3v) is 3.56. The first-order chi connectivity index (χ1) is 9.69. The second-order valence-electron chi connectivity index (χ2n) is 4.89. The van der Waals surface area contributed by atoms with Gasteiger partial charge in [-0.1, -0.05) is 29.8 Å². The number of benzene rings is 1. The van der Waals surface area contributed by atoms with Gasteiger partial charge in [0.15, 0.2) is 5.69 Å². The van der Waals surface area contributed by atoms with Crippen molar-refractivity contribution in [3.8, 4) is 0 Å². The van der Waals surface area contributed by atoms with E-state index in [0.717, 1.165) is 11.3 Å². The van der Waals surface area contributed by atoms with Crippen LogP contribution in [-0.4, -0.2) is 22.6 Å². The van der Waals surface area contributed by atoms with Gasteiger partial charge < -0.3 is 14.0 Å². The fourth-order valence-electron chi connectivity index (χ4n) is 2.38. The van der Waals surface area contributed by atoms with Crippen LogP contribution in [0.5, 0.6) is 0 Å². The van der Waals surface area contributed by atoms with Crippen molar-refractivity contribution in [3.05, 3.63) is 53.1 Å². The number of carbonyl (C=O) groups excluding carboxylic acids is 1. The zero-order valence-electron chi connectivity index (χ0n) is 11.5. The van der Waals surface area contributed by atoms with Crippen LogP contribution in [0.1, 0.15) is 33.4 Å². The van der Waals surface area contributed by atoms with Crippen LogP contribution in [-0.2, 0) is 22.6 Å². The molecule has 5 nitrogen and oxygen atoms in total. The molecule has 0 saturated heterocycles. The lowest BCUT2D eigenvalue weighted by molar-refractivity contribution is 0.00202. The number of ether oxygens (including phenoxy) is 2. The molecule has 0 aliphatic carbocycles. The van der Waals surface area contributed by atoms with Crippen molar-refractivity contribution in [2.24, 2.45) is 0 Å². The number of fused-ring (bicyclic) bond motifs is 1. The van der Waals surface area contributed by atoms with Gasteiger partial charge in [-0.15, -0.1) is 0 Å². The van der Waals surface area contributed by atoms with Crippen molar-refractivity contribution in [1.82, 2.24) is 9.55 Å². The summed E-state index contributed by atoms with van der Waals surface area (Å²) in [7, 11) is 1.35. The maximum Gasteiger partial charge on any atom is 0.358 e. The highest BCUT2D eigenvalue weighted by molar-refractivity contribution is 5.88. The highest BCUT2D eigenvalue weighted by atomic mass is 16.5. The van der Waals surface area contributed by atoms with Gasteiger partial charge in [0.05, 0.1) is 32.3 Å². The summed E-state index contributed by atoms with van der Waals surface area (Å²) in [6.45, 7) is 3.08. The summed E-state index contributed by atoms with van der Waals surface area (Å²) in [5.74, 6) is -0.420. The van der Waals surface area contributed by atoms with Gasteiger partial charge in [-0.3, -0.25) is 0 Å². The lowest BCUT2D eigenvalue weighted by Crippen LogP contribution is -2.22. The summed E-state index contributed by atoms with van der Waals surface area (Å²) >= 11 is 0. The number of nitrogens with zero attached hydrogens (tertiary/aromatic N) is 2. The van der Waals surface area contributed by atoms with E-state index in [1.54, 1.807) is 6.33 Å². The Morgan fingerprint density at radius 1 is 1.40 bits per heavy atom. The topological polar surface area (TPSA) is 53.3 Å². The Bertz CT molecular complexity index is 631. The molecule has 2 aromatic rings. The number of esters is 1. The molecular formula is C15H16N2O3. The highest BCUT2D eigenvalue weighted by Gasteiger charge is 2.26. The third-order valence-electron chi connectivity index (χ3n) is 3.56. The van der Waals surface area contributed by atoms with Crippen LogP contribution in [0.25, 0.3) is 0 Å². The number of carbonyl (C=O) groups is 1. The molecule has 1 aliphatic heterocycles. The van der Waals surface area contributed by atoms with E-state index in [0.29, 0.717) is 18.8 Å². The van der Waals surface area contributed by atoms with Gasteiger partial charge in [-0.25, -0.2) is 9.78 Å². The van der Waals surface area contributed by atoms with E-state index in [4.69, 9.17) is 9.47 Å². The zero-order chi connectivity index (χ0) is 14.1. The van der Waals surface area contributed by atoms with E-state index in [1.807, 2.05) is 4.57 Å².